The maximum Gasteiger partial charge on any atom is 0.192 e. The largest absolute Gasteiger partial charge is 0.428 e. The highest BCUT2D eigenvalue weighted by atomic mass is 127. The van der Waals surface area contributed by atoms with Crippen LogP contribution >= 0.6 is 35.2 Å². The molecular weight excluding hydrogens is 347 g/mol. The zero-order valence-electron chi connectivity index (χ0n) is 9.28. The third-order valence-corrected chi connectivity index (χ3v) is 4.03. The highest BCUT2D eigenvalue weighted by molar-refractivity contribution is 14.1. The lowest BCUT2D eigenvalue weighted by Crippen LogP contribution is -2.39. The Morgan fingerprint density at radius 1 is 1.47 bits per heavy atom. The molecule has 0 atom stereocenters. The third-order valence-electron chi connectivity index (χ3n) is 3.19. The second-order valence-corrected chi connectivity index (χ2v) is 5.32. The maximum absolute atomic E-state index is 5.45. The average Bonchev–Trinajstić information content (AvgIpc) is 3.05. The standard InChI is InChI=1S/C12H13IN2OS/c13-16-10-3-4-11-8(7-10)5-6-15(11)12(17)14-9-1-2-9/h3-4,7,9H,1-2,5-6H2,(H,14,17). The minimum absolute atomic E-state index is 0.614. The molecule has 1 aliphatic carbocycles. The van der Waals surface area contributed by atoms with Gasteiger partial charge in [-0.2, -0.15) is 0 Å². The molecule has 3 nitrogen and oxygen atoms in total. The highest BCUT2D eigenvalue weighted by Gasteiger charge is 2.27. The molecule has 5 heteroatoms. The van der Waals surface area contributed by atoms with Crippen molar-refractivity contribution >= 4 is 46.0 Å². The summed E-state index contributed by atoms with van der Waals surface area (Å²) in [7, 11) is 0. The van der Waals surface area contributed by atoms with E-state index in [2.05, 4.69) is 22.3 Å². The molecule has 1 aromatic rings. The van der Waals surface area contributed by atoms with Gasteiger partial charge in [-0.05, 0) is 55.2 Å². The van der Waals surface area contributed by atoms with Crippen LogP contribution in [0, 0.1) is 0 Å². The summed E-state index contributed by atoms with van der Waals surface area (Å²) in [6.45, 7) is 0.971. The zero-order valence-corrected chi connectivity index (χ0v) is 12.3. The van der Waals surface area contributed by atoms with Crippen molar-refractivity contribution in [2.75, 3.05) is 11.4 Å². The average molecular weight is 360 g/mol. The van der Waals surface area contributed by atoms with E-state index in [1.54, 1.807) is 0 Å². The molecule has 0 aromatic heterocycles. The Kier molecular flexibility index (Phi) is 3.12. The van der Waals surface area contributed by atoms with Gasteiger partial charge in [-0.25, -0.2) is 0 Å². The van der Waals surface area contributed by atoms with Crippen molar-refractivity contribution in [3.05, 3.63) is 23.8 Å². The zero-order chi connectivity index (χ0) is 11.8. The normalized spacial score (nSPS) is 17.8. The van der Waals surface area contributed by atoms with Crippen LogP contribution in [-0.2, 0) is 6.42 Å². The highest BCUT2D eigenvalue weighted by Crippen LogP contribution is 2.32. The number of nitrogens with one attached hydrogen (secondary N) is 1. The van der Waals surface area contributed by atoms with Crippen molar-refractivity contribution in [3.8, 4) is 5.75 Å². The minimum atomic E-state index is 0.614. The number of halogens is 1. The summed E-state index contributed by atoms with van der Waals surface area (Å²) < 4.78 is 5.21. The summed E-state index contributed by atoms with van der Waals surface area (Å²) in [6, 6.07) is 6.80. The van der Waals surface area contributed by atoms with Crippen molar-refractivity contribution in [3.63, 3.8) is 0 Å². The van der Waals surface area contributed by atoms with Crippen LogP contribution in [0.25, 0.3) is 0 Å². The molecule has 3 rings (SSSR count). The second-order valence-electron chi connectivity index (χ2n) is 4.49. The molecule has 1 aromatic carbocycles. The van der Waals surface area contributed by atoms with Crippen molar-refractivity contribution in [1.29, 1.82) is 0 Å². The number of anilines is 1. The predicted molar refractivity (Wildman–Crippen MR) is 80.9 cm³/mol. The van der Waals surface area contributed by atoms with E-state index < -0.39 is 0 Å². The van der Waals surface area contributed by atoms with Crippen molar-refractivity contribution in [2.24, 2.45) is 0 Å². The number of thiocarbonyl (C=S) groups is 1. The Hall–Kier alpha value is -0.560. The van der Waals surface area contributed by atoms with Crippen molar-refractivity contribution in [1.82, 2.24) is 5.32 Å². The Morgan fingerprint density at radius 2 is 2.29 bits per heavy atom. The topological polar surface area (TPSA) is 24.5 Å². The number of rotatable bonds is 2. The Balaban J connectivity index is 1.80. The lowest BCUT2D eigenvalue weighted by atomic mass is 10.1. The monoisotopic (exact) mass is 360 g/mol. The van der Waals surface area contributed by atoms with E-state index >= 15 is 0 Å². The van der Waals surface area contributed by atoms with Gasteiger partial charge in [0.2, 0.25) is 0 Å². The van der Waals surface area contributed by atoms with E-state index in [1.807, 2.05) is 29.1 Å². The van der Waals surface area contributed by atoms with Crippen LogP contribution in [0.1, 0.15) is 18.4 Å². The molecule has 0 spiro atoms. The van der Waals surface area contributed by atoms with E-state index in [4.69, 9.17) is 15.3 Å². The van der Waals surface area contributed by atoms with Gasteiger partial charge in [0, 0.05) is 18.3 Å². The fourth-order valence-corrected chi connectivity index (χ4v) is 2.75. The molecule has 90 valence electrons. The molecule has 0 bridgehead atoms. The number of hydrogen-bond donors (Lipinski definition) is 1. The van der Waals surface area contributed by atoms with Crippen LogP contribution in [0.3, 0.4) is 0 Å². The van der Waals surface area contributed by atoms with E-state index in [9.17, 15) is 0 Å². The van der Waals surface area contributed by atoms with Gasteiger partial charge >= 0.3 is 0 Å². The fourth-order valence-electron chi connectivity index (χ4n) is 2.12. The Labute approximate surface area is 120 Å². The SMILES string of the molecule is S=C(NC1CC1)N1CCc2cc(OI)ccc21. The van der Waals surface area contributed by atoms with Crippen LogP contribution in [-0.4, -0.2) is 17.7 Å². The van der Waals surface area contributed by atoms with Crippen molar-refractivity contribution in [2.45, 2.75) is 25.3 Å². The van der Waals surface area contributed by atoms with Gasteiger partial charge in [0.15, 0.2) is 28.1 Å². The maximum atomic E-state index is 5.45. The number of nitrogens with zero attached hydrogens (tertiary/aromatic N) is 1. The van der Waals surface area contributed by atoms with Crippen molar-refractivity contribution < 1.29 is 3.07 Å². The van der Waals surface area contributed by atoms with E-state index in [1.165, 1.54) is 24.1 Å². The van der Waals surface area contributed by atoms with Gasteiger partial charge in [-0.3, -0.25) is 0 Å². The van der Waals surface area contributed by atoms with Gasteiger partial charge in [0.25, 0.3) is 0 Å². The molecule has 1 aliphatic heterocycles. The van der Waals surface area contributed by atoms with E-state index in [-0.39, 0.29) is 0 Å². The molecular formula is C12H13IN2OS. The number of fused-ring (bicyclic) bond motifs is 1. The molecule has 1 heterocycles. The van der Waals surface area contributed by atoms with Crippen LogP contribution in [0.15, 0.2) is 18.2 Å². The summed E-state index contributed by atoms with van der Waals surface area (Å²) in [5.74, 6) is 0.910. The van der Waals surface area contributed by atoms with Crippen LogP contribution in [0.4, 0.5) is 5.69 Å². The fraction of sp³-hybridized carbons (Fsp3) is 0.417. The first-order valence-corrected chi connectivity index (χ1v) is 7.06. The molecule has 0 unspecified atom stereocenters. The number of hydrogen-bond acceptors (Lipinski definition) is 2. The molecule has 17 heavy (non-hydrogen) atoms. The van der Waals surface area contributed by atoms with Gasteiger partial charge in [-0.1, -0.05) is 0 Å². The summed E-state index contributed by atoms with van der Waals surface area (Å²) in [5, 5.41) is 4.26. The predicted octanol–water partition coefficient (Wildman–Crippen LogP) is 2.81. The first-order valence-electron chi connectivity index (χ1n) is 5.77. The summed E-state index contributed by atoms with van der Waals surface area (Å²) >= 11 is 7.36. The molecule has 0 radical (unpaired) electrons. The van der Waals surface area contributed by atoms with Crippen LogP contribution in [0.2, 0.25) is 0 Å². The van der Waals surface area contributed by atoms with Gasteiger partial charge in [0.1, 0.15) is 5.75 Å². The smallest absolute Gasteiger partial charge is 0.192 e. The molecule has 1 saturated carbocycles. The molecule has 0 amide bonds. The molecule has 1 N–H and O–H groups in total. The first kappa shape index (κ1) is 11.5. The Bertz CT molecular complexity index is 462. The quantitative estimate of drug-likeness (QED) is 0.648. The summed E-state index contributed by atoms with van der Waals surface area (Å²) in [5.41, 5.74) is 2.54. The van der Waals surface area contributed by atoms with E-state index in [0.717, 1.165) is 23.8 Å². The first-order chi connectivity index (χ1) is 8.28. The molecule has 0 saturated heterocycles. The Morgan fingerprint density at radius 3 is 3.00 bits per heavy atom. The lowest BCUT2D eigenvalue weighted by molar-refractivity contribution is 0.716. The van der Waals surface area contributed by atoms with Crippen LogP contribution < -0.4 is 13.3 Å². The van der Waals surface area contributed by atoms with Gasteiger partial charge < -0.3 is 13.3 Å². The molecule has 1 fully saturated rings. The van der Waals surface area contributed by atoms with Gasteiger partial charge in [0.05, 0.1) is 0 Å². The third kappa shape index (κ3) is 2.35. The minimum Gasteiger partial charge on any atom is -0.428 e. The summed E-state index contributed by atoms with van der Waals surface area (Å²) in [4.78, 5) is 2.19. The van der Waals surface area contributed by atoms with Gasteiger partial charge in [-0.15, -0.1) is 0 Å². The molecule has 2 aliphatic rings. The summed E-state index contributed by atoms with van der Waals surface area (Å²) in [6.07, 6.45) is 3.54. The number of benzene rings is 1. The lowest BCUT2D eigenvalue weighted by Gasteiger charge is -2.21. The second kappa shape index (κ2) is 4.61. The van der Waals surface area contributed by atoms with E-state index in [0.29, 0.717) is 6.04 Å². The van der Waals surface area contributed by atoms with Crippen LogP contribution in [0.5, 0.6) is 5.75 Å².